The van der Waals surface area contributed by atoms with E-state index in [1.54, 1.807) is 12.1 Å². The summed E-state index contributed by atoms with van der Waals surface area (Å²) in [5.41, 5.74) is 0.968. The maximum Gasteiger partial charge on any atom is 0.183 e. The van der Waals surface area contributed by atoms with Crippen molar-refractivity contribution in [2.24, 2.45) is 0 Å². The number of ether oxygens (including phenoxy) is 1. The smallest absolute Gasteiger partial charge is 0.183 e. The van der Waals surface area contributed by atoms with Gasteiger partial charge in [-0.25, -0.2) is 16.8 Å². The van der Waals surface area contributed by atoms with Gasteiger partial charge in [-0.2, -0.15) is 0 Å². The summed E-state index contributed by atoms with van der Waals surface area (Å²) in [6, 6.07) is 6.35. The minimum Gasteiger partial charge on any atom is -0.379 e. The normalized spacial score (nSPS) is 27.5. The minimum absolute atomic E-state index is 0.0741. The van der Waals surface area contributed by atoms with E-state index in [9.17, 15) is 16.8 Å². The monoisotopic (exact) mass is 401 g/mol. The molecule has 1 aromatic carbocycles. The van der Waals surface area contributed by atoms with Gasteiger partial charge in [0, 0.05) is 19.1 Å². The van der Waals surface area contributed by atoms with Crippen LogP contribution in [0.4, 0.5) is 0 Å². The van der Waals surface area contributed by atoms with Gasteiger partial charge in [0.05, 0.1) is 34.9 Å². The van der Waals surface area contributed by atoms with Crippen LogP contribution in [-0.2, 0) is 29.8 Å². The van der Waals surface area contributed by atoms with E-state index in [0.717, 1.165) is 5.56 Å². The first-order chi connectivity index (χ1) is 12.0. The van der Waals surface area contributed by atoms with Gasteiger partial charge in [-0.05, 0) is 23.1 Å². The van der Waals surface area contributed by atoms with Crippen LogP contribution >= 0.6 is 0 Å². The quantitative estimate of drug-likeness (QED) is 0.758. The number of nitrogens with zero attached hydrogens (tertiary/aromatic N) is 1. The Labute approximate surface area is 156 Å². The third kappa shape index (κ3) is 3.98. The van der Waals surface area contributed by atoms with Gasteiger partial charge in [-0.3, -0.25) is 4.90 Å². The molecule has 0 N–H and O–H groups in total. The molecule has 3 rings (SSSR count). The highest BCUT2D eigenvalue weighted by molar-refractivity contribution is 7.96. The molecule has 0 spiro atoms. The van der Waals surface area contributed by atoms with Gasteiger partial charge < -0.3 is 4.74 Å². The first-order valence-corrected chi connectivity index (χ1v) is 12.2. The molecule has 2 heterocycles. The Morgan fingerprint density at radius 2 is 1.62 bits per heavy atom. The van der Waals surface area contributed by atoms with E-state index in [4.69, 9.17) is 4.74 Å². The molecule has 0 radical (unpaired) electrons. The van der Waals surface area contributed by atoms with Gasteiger partial charge >= 0.3 is 0 Å². The van der Waals surface area contributed by atoms with E-state index in [-0.39, 0.29) is 21.8 Å². The molecule has 0 bridgehead atoms. The van der Waals surface area contributed by atoms with Crippen LogP contribution in [0.5, 0.6) is 0 Å². The molecule has 8 heteroatoms. The summed E-state index contributed by atoms with van der Waals surface area (Å²) < 4.78 is 56.2. The molecule has 2 aliphatic heterocycles. The Hall–Kier alpha value is -0.960. The van der Waals surface area contributed by atoms with Crippen LogP contribution < -0.4 is 0 Å². The predicted molar refractivity (Wildman–Crippen MR) is 101 cm³/mol. The third-order valence-corrected chi connectivity index (χ3v) is 9.37. The molecule has 2 aliphatic rings. The molecule has 2 saturated heterocycles. The van der Waals surface area contributed by atoms with Gasteiger partial charge in [0.15, 0.2) is 19.7 Å². The summed E-state index contributed by atoms with van der Waals surface area (Å²) in [5, 5.41) is -0.925. The van der Waals surface area contributed by atoms with Crippen LogP contribution in [0.15, 0.2) is 29.2 Å². The zero-order valence-electron chi connectivity index (χ0n) is 15.5. The van der Waals surface area contributed by atoms with Crippen LogP contribution in [-0.4, -0.2) is 70.8 Å². The maximum atomic E-state index is 13.2. The van der Waals surface area contributed by atoms with Crippen molar-refractivity contribution in [1.82, 2.24) is 4.90 Å². The summed E-state index contributed by atoms with van der Waals surface area (Å²) >= 11 is 0. The second-order valence-electron chi connectivity index (χ2n) is 8.15. The zero-order valence-corrected chi connectivity index (χ0v) is 17.1. The fraction of sp³-hybridized carbons (Fsp3) is 0.667. The number of rotatable bonds is 3. The first kappa shape index (κ1) is 19.8. The highest BCUT2D eigenvalue weighted by atomic mass is 32.2. The Bertz CT molecular complexity index is 848. The lowest BCUT2D eigenvalue weighted by Gasteiger charge is -2.34. The molecular formula is C18H27NO5S2. The Kier molecular flexibility index (Phi) is 5.24. The second kappa shape index (κ2) is 6.89. The number of hydrogen-bond donors (Lipinski definition) is 0. The third-order valence-electron chi connectivity index (χ3n) is 5.23. The van der Waals surface area contributed by atoms with Crippen molar-refractivity contribution in [3.8, 4) is 0 Å². The van der Waals surface area contributed by atoms with Crippen molar-refractivity contribution in [2.75, 3.05) is 37.8 Å². The van der Waals surface area contributed by atoms with Crippen molar-refractivity contribution in [3.63, 3.8) is 0 Å². The molecule has 146 valence electrons. The molecule has 0 aromatic heterocycles. The fourth-order valence-electron chi connectivity index (χ4n) is 3.66. The largest absolute Gasteiger partial charge is 0.379 e. The van der Waals surface area contributed by atoms with Gasteiger partial charge in [-0.1, -0.05) is 32.9 Å². The van der Waals surface area contributed by atoms with E-state index < -0.39 is 31.0 Å². The van der Waals surface area contributed by atoms with E-state index in [1.807, 2.05) is 17.0 Å². The van der Waals surface area contributed by atoms with Crippen molar-refractivity contribution in [1.29, 1.82) is 0 Å². The number of morpholine rings is 1. The lowest BCUT2D eigenvalue weighted by molar-refractivity contribution is 0.0222. The van der Waals surface area contributed by atoms with Crippen LogP contribution in [0.2, 0.25) is 0 Å². The summed E-state index contributed by atoms with van der Waals surface area (Å²) in [6.07, 6.45) is 0. The molecule has 6 nitrogen and oxygen atoms in total. The van der Waals surface area contributed by atoms with Crippen LogP contribution in [0.25, 0.3) is 0 Å². The minimum atomic E-state index is -3.73. The van der Waals surface area contributed by atoms with Crippen LogP contribution in [0.1, 0.15) is 26.3 Å². The SMILES string of the molecule is CC(C)(C)c1ccc(S(=O)(=O)[C@@H]2CS(=O)(=O)C[C@@H]2N2CCOCC2)cc1. The van der Waals surface area contributed by atoms with Crippen molar-refractivity contribution in [2.45, 2.75) is 42.4 Å². The van der Waals surface area contributed by atoms with E-state index in [2.05, 4.69) is 20.8 Å². The molecule has 2 fully saturated rings. The second-order valence-corrected chi connectivity index (χ2v) is 12.5. The highest BCUT2D eigenvalue weighted by Crippen LogP contribution is 2.31. The Balaban J connectivity index is 1.93. The first-order valence-electron chi connectivity index (χ1n) is 8.87. The van der Waals surface area contributed by atoms with Crippen molar-refractivity contribution < 1.29 is 21.6 Å². The summed E-state index contributed by atoms with van der Waals surface area (Å²) in [5.74, 6) is -0.407. The molecule has 0 amide bonds. The number of benzene rings is 1. The van der Waals surface area contributed by atoms with Gasteiger partial charge in [0.1, 0.15) is 0 Å². The average molecular weight is 402 g/mol. The predicted octanol–water partition coefficient (Wildman–Crippen LogP) is 1.26. The van der Waals surface area contributed by atoms with E-state index in [0.29, 0.717) is 26.3 Å². The maximum absolute atomic E-state index is 13.2. The molecule has 2 atom stereocenters. The molecule has 26 heavy (non-hydrogen) atoms. The topological polar surface area (TPSA) is 80.8 Å². The molecule has 1 aromatic rings. The van der Waals surface area contributed by atoms with Gasteiger partial charge in [-0.15, -0.1) is 0 Å². The zero-order chi connectivity index (χ0) is 19.2. The van der Waals surface area contributed by atoms with Crippen LogP contribution in [0.3, 0.4) is 0 Å². The average Bonchev–Trinajstić information content (AvgIpc) is 2.91. The van der Waals surface area contributed by atoms with Crippen LogP contribution in [0, 0.1) is 0 Å². The van der Waals surface area contributed by atoms with E-state index >= 15 is 0 Å². The summed E-state index contributed by atoms with van der Waals surface area (Å²) in [7, 11) is -7.11. The fourth-order valence-corrected chi connectivity index (χ4v) is 8.49. The number of hydrogen-bond acceptors (Lipinski definition) is 6. The Morgan fingerprint density at radius 1 is 1.04 bits per heavy atom. The van der Waals surface area contributed by atoms with Gasteiger partial charge in [0.2, 0.25) is 0 Å². The van der Waals surface area contributed by atoms with Gasteiger partial charge in [0.25, 0.3) is 0 Å². The lowest BCUT2D eigenvalue weighted by atomic mass is 9.87. The molecule has 0 unspecified atom stereocenters. The molecular weight excluding hydrogens is 374 g/mol. The summed E-state index contributed by atoms with van der Waals surface area (Å²) in [6.45, 7) is 8.33. The van der Waals surface area contributed by atoms with Crippen molar-refractivity contribution >= 4 is 19.7 Å². The highest BCUT2D eigenvalue weighted by Gasteiger charge is 2.48. The standard InChI is InChI=1S/C18H27NO5S2/c1-18(2,3)14-4-6-15(7-5-14)26(22,23)17-13-25(20,21)12-16(17)19-8-10-24-11-9-19/h4-7,16-17H,8-13H2,1-3H3/t16-,17+/m0/s1. The lowest BCUT2D eigenvalue weighted by Crippen LogP contribution is -2.50. The summed E-state index contributed by atoms with van der Waals surface area (Å²) in [4.78, 5) is 2.16. The van der Waals surface area contributed by atoms with E-state index in [1.165, 1.54) is 0 Å². The van der Waals surface area contributed by atoms with Crippen molar-refractivity contribution in [3.05, 3.63) is 29.8 Å². The number of sulfone groups is 2. The molecule has 0 aliphatic carbocycles. The Morgan fingerprint density at radius 3 is 2.15 bits per heavy atom. The molecule has 0 saturated carbocycles.